The van der Waals surface area contributed by atoms with Crippen LogP contribution in [0.5, 0.6) is 11.5 Å². The second-order valence-electron chi connectivity index (χ2n) is 4.60. The molecule has 2 aromatic carbocycles. The maximum Gasteiger partial charge on any atom is 0.291 e. The number of fused-ring (bicyclic) bond motifs is 1. The van der Waals surface area contributed by atoms with E-state index in [-0.39, 0.29) is 17.2 Å². The lowest BCUT2D eigenvalue weighted by atomic mass is 10.2. The third-order valence-electron chi connectivity index (χ3n) is 3.16. The first-order valence-electron chi connectivity index (χ1n) is 6.45. The van der Waals surface area contributed by atoms with Crippen molar-refractivity contribution >= 4 is 34.2 Å². The Bertz CT molecular complexity index is 856. The van der Waals surface area contributed by atoms with E-state index in [9.17, 15) is 9.90 Å². The normalized spacial score (nSPS) is 10.6. The first-order chi connectivity index (χ1) is 10.6. The van der Waals surface area contributed by atoms with Crippen molar-refractivity contribution in [2.45, 2.75) is 0 Å². The molecule has 6 heteroatoms. The van der Waals surface area contributed by atoms with E-state index in [0.29, 0.717) is 16.4 Å². The number of anilines is 1. The minimum atomic E-state index is -0.476. The molecule has 0 aliphatic heterocycles. The van der Waals surface area contributed by atoms with Crippen LogP contribution in [0, 0.1) is 0 Å². The molecule has 3 rings (SSSR count). The summed E-state index contributed by atoms with van der Waals surface area (Å²) < 4.78 is 10.7. The first-order valence-corrected chi connectivity index (χ1v) is 6.82. The van der Waals surface area contributed by atoms with Crippen molar-refractivity contribution in [2.24, 2.45) is 0 Å². The summed E-state index contributed by atoms with van der Waals surface area (Å²) in [6, 6.07) is 11.4. The highest BCUT2D eigenvalue weighted by atomic mass is 35.5. The zero-order valence-corrected chi connectivity index (χ0v) is 12.3. The van der Waals surface area contributed by atoms with Gasteiger partial charge in [0.2, 0.25) is 0 Å². The fourth-order valence-electron chi connectivity index (χ4n) is 2.10. The van der Waals surface area contributed by atoms with Crippen LogP contribution in [-0.4, -0.2) is 18.1 Å². The van der Waals surface area contributed by atoms with E-state index in [4.69, 9.17) is 20.8 Å². The number of aromatic hydroxyl groups is 1. The highest BCUT2D eigenvalue weighted by Crippen LogP contribution is 2.30. The molecule has 0 aliphatic rings. The molecule has 3 aromatic rings. The van der Waals surface area contributed by atoms with E-state index < -0.39 is 5.91 Å². The maximum absolute atomic E-state index is 12.2. The standard InChI is InChI=1S/C16H12ClNO4/c1-21-13-4-2-3-9-7-14(22-15(9)13)16(20)18-11-6-5-10(17)8-12(11)19/h2-8,19H,1H3,(H,18,20). The molecule has 0 spiro atoms. The number of halogens is 1. The summed E-state index contributed by atoms with van der Waals surface area (Å²) in [7, 11) is 1.53. The number of phenolic OH excluding ortho intramolecular Hbond substituents is 1. The molecule has 22 heavy (non-hydrogen) atoms. The monoisotopic (exact) mass is 317 g/mol. The van der Waals surface area contributed by atoms with Gasteiger partial charge in [0.15, 0.2) is 17.1 Å². The molecule has 2 N–H and O–H groups in total. The van der Waals surface area contributed by atoms with E-state index in [1.807, 2.05) is 12.1 Å². The summed E-state index contributed by atoms with van der Waals surface area (Å²) in [6.45, 7) is 0. The Morgan fingerprint density at radius 3 is 2.82 bits per heavy atom. The lowest BCUT2D eigenvalue weighted by molar-refractivity contribution is 0.0998. The molecule has 1 heterocycles. The number of rotatable bonds is 3. The van der Waals surface area contributed by atoms with E-state index in [0.717, 1.165) is 5.39 Å². The molecule has 0 aliphatic carbocycles. The van der Waals surface area contributed by atoms with E-state index >= 15 is 0 Å². The zero-order chi connectivity index (χ0) is 15.7. The van der Waals surface area contributed by atoms with Gasteiger partial charge in [-0.2, -0.15) is 0 Å². The maximum atomic E-state index is 12.2. The van der Waals surface area contributed by atoms with Crippen LogP contribution < -0.4 is 10.1 Å². The Hall–Kier alpha value is -2.66. The van der Waals surface area contributed by atoms with Gasteiger partial charge in [0.1, 0.15) is 5.75 Å². The Balaban J connectivity index is 1.92. The molecule has 0 radical (unpaired) electrons. The molecule has 0 fully saturated rings. The quantitative estimate of drug-likeness (QED) is 0.715. The van der Waals surface area contributed by atoms with Crippen LogP contribution in [0.25, 0.3) is 11.0 Å². The molecule has 0 unspecified atom stereocenters. The van der Waals surface area contributed by atoms with E-state index in [1.54, 1.807) is 18.2 Å². The lowest BCUT2D eigenvalue weighted by Crippen LogP contribution is -2.10. The second-order valence-corrected chi connectivity index (χ2v) is 5.04. The van der Waals surface area contributed by atoms with E-state index in [2.05, 4.69) is 5.32 Å². The summed E-state index contributed by atoms with van der Waals surface area (Å²) in [5.74, 6) is 0.0742. The van der Waals surface area contributed by atoms with Gasteiger partial charge in [0.25, 0.3) is 5.91 Å². The van der Waals surface area contributed by atoms with Gasteiger partial charge in [-0.1, -0.05) is 23.7 Å². The summed E-state index contributed by atoms with van der Waals surface area (Å²) in [6.07, 6.45) is 0. The van der Waals surface area contributed by atoms with Crippen molar-refractivity contribution in [1.82, 2.24) is 0 Å². The summed E-state index contributed by atoms with van der Waals surface area (Å²) >= 11 is 5.75. The van der Waals surface area contributed by atoms with Crippen molar-refractivity contribution in [3.8, 4) is 11.5 Å². The lowest BCUT2D eigenvalue weighted by Gasteiger charge is -2.05. The van der Waals surface area contributed by atoms with Gasteiger partial charge in [-0.05, 0) is 24.3 Å². The number of methoxy groups -OCH3 is 1. The van der Waals surface area contributed by atoms with Crippen molar-refractivity contribution in [3.63, 3.8) is 0 Å². The number of furan rings is 1. The number of amides is 1. The van der Waals surface area contributed by atoms with Crippen LogP contribution in [0.3, 0.4) is 0 Å². The van der Waals surface area contributed by atoms with Crippen molar-refractivity contribution in [1.29, 1.82) is 0 Å². The minimum absolute atomic E-state index is 0.116. The fraction of sp³-hybridized carbons (Fsp3) is 0.0625. The topological polar surface area (TPSA) is 71.7 Å². The van der Waals surface area contributed by atoms with Gasteiger partial charge in [0, 0.05) is 16.5 Å². The number of carbonyl (C=O) groups excluding carboxylic acids is 1. The highest BCUT2D eigenvalue weighted by molar-refractivity contribution is 6.30. The second kappa shape index (κ2) is 5.61. The average molecular weight is 318 g/mol. The number of benzene rings is 2. The molecular weight excluding hydrogens is 306 g/mol. The number of ether oxygens (including phenoxy) is 1. The molecule has 0 bridgehead atoms. The molecule has 1 amide bonds. The number of hydrogen-bond acceptors (Lipinski definition) is 4. The number of hydrogen-bond donors (Lipinski definition) is 2. The third-order valence-corrected chi connectivity index (χ3v) is 3.39. The van der Waals surface area contributed by atoms with Crippen LogP contribution in [0.4, 0.5) is 5.69 Å². The third kappa shape index (κ3) is 2.58. The average Bonchev–Trinajstić information content (AvgIpc) is 2.94. The Morgan fingerprint density at radius 2 is 2.09 bits per heavy atom. The Morgan fingerprint density at radius 1 is 1.27 bits per heavy atom. The number of carbonyl (C=O) groups is 1. The zero-order valence-electron chi connectivity index (χ0n) is 11.6. The molecule has 0 atom stereocenters. The van der Waals surface area contributed by atoms with Crippen molar-refractivity contribution in [3.05, 3.63) is 53.2 Å². The molecule has 0 saturated carbocycles. The smallest absolute Gasteiger partial charge is 0.291 e. The van der Waals surface area contributed by atoms with Gasteiger partial charge < -0.3 is 19.6 Å². The van der Waals surface area contributed by atoms with Crippen LogP contribution >= 0.6 is 11.6 Å². The Kier molecular flexibility index (Phi) is 3.65. The Labute approximate surface area is 131 Å². The molecule has 0 saturated heterocycles. The van der Waals surface area contributed by atoms with Crippen LogP contribution in [-0.2, 0) is 0 Å². The molecule has 5 nitrogen and oxygen atoms in total. The summed E-state index contributed by atoms with van der Waals surface area (Å²) in [4.78, 5) is 12.2. The summed E-state index contributed by atoms with van der Waals surface area (Å²) in [5, 5.41) is 13.5. The molecule has 1 aromatic heterocycles. The predicted molar refractivity (Wildman–Crippen MR) is 83.8 cm³/mol. The highest BCUT2D eigenvalue weighted by Gasteiger charge is 2.16. The van der Waals surface area contributed by atoms with Gasteiger partial charge in [-0.25, -0.2) is 0 Å². The van der Waals surface area contributed by atoms with Gasteiger partial charge in [0.05, 0.1) is 12.8 Å². The SMILES string of the molecule is COc1cccc2cc(C(=O)Nc3ccc(Cl)cc3O)oc12. The van der Waals surface area contributed by atoms with Crippen molar-refractivity contribution < 1.29 is 19.1 Å². The van der Waals surface area contributed by atoms with Crippen LogP contribution in [0.2, 0.25) is 5.02 Å². The fourth-order valence-corrected chi connectivity index (χ4v) is 2.27. The number of para-hydroxylation sites is 1. The van der Waals surface area contributed by atoms with Gasteiger partial charge in [-0.3, -0.25) is 4.79 Å². The summed E-state index contributed by atoms with van der Waals surface area (Å²) in [5.41, 5.74) is 0.747. The number of nitrogens with one attached hydrogen (secondary N) is 1. The van der Waals surface area contributed by atoms with Gasteiger partial charge in [-0.15, -0.1) is 0 Å². The van der Waals surface area contributed by atoms with Gasteiger partial charge >= 0.3 is 0 Å². The first kappa shape index (κ1) is 14.3. The van der Waals surface area contributed by atoms with E-state index in [1.165, 1.54) is 19.2 Å². The predicted octanol–water partition coefficient (Wildman–Crippen LogP) is 4.05. The minimum Gasteiger partial charge on any atom is -0.506 e. The van der Waals surface area contributed by atoms with Crippen LogP contribution in [0.1, 0.15) is 10.6 Å². The number of phenols is 1. The molecular formula is C16H12ClNO4. The van der Waals surface area contributed by atoms with Crippen molar-refractivity contribution in [2.75, 3.05) is 12.4 Å². The van der Waals surface area contributed by atoms with Crippen LogP contribution in [0.15, 0.2) is 46.9 Å². The molecule has 112 valence electrons. The largest absolute Gasteiger partial charge is 0.506 e.